The summed E-state index contributed by atoms with van der Waals surface area (Å²) in [7, 11) is 10.3. The zero-order chi connectivity index (χ0) is 15.7. The number of halogens is 3. The van der Waals surface area contributed by atoms with E-state index in [2.05, 4.69) is 0 Å². The molecule has 0 amide bonds. The molecule has 0 aromatic heterocycles. The first-order valence-corrected chi connectivity index (χ1v) is 6.07. The summed E-state index contributed by atoms with van der Waals surface area (Å²) < 4.78 is 45.2. The second-order valence-electron chi connectivity index (χ2n) is 5.12. The van der Waals surface area contributed by atoms with Crippen LogP contribution in [0.4, 0.5) is 13.2 Å². The molecule has 0 unspecified atom stereocenters. The molecule has 0 aliphatic rings. The quantitative estimate of drug-likeness (QED) is 0.361. The fraction of sp³-hybridized carbons (Fsp3) is 0.462. The molecule has 0 atom stereocenters. The highest BCUT2D eigenvalue weighted by Crippen LogP contribution is 2.26. The average molecular weight is 280 g/mol. The van der Waals surface area contributed by atoms with Crippen LogP contribution in [0.2, 0.25) is 0 Å². The lowest BCUT2D eigenvalue weighted by molar-refractivity contribution is -0.144. The first kappa shape index (κ1) is 16.7. The van der Waals surface area contributed by atoms with Crippen LogP contribution >= 0.6 is 0 Å². The molecule has 0 aliphatic carbocycles. The molecule has 0 spiro atoms. The van der Waals surface area contributed by atoms with Gasteiger partial charge < -0.3 is 4.74 Å². The second-order valence-corrected chi connectivity index (χ2v) is 5.12. The summed E-state index contributed by atoms with van der Waals surface area (Å²) in [6, 6.07) is 0. The van der Waals surface area contributed by atoms with E-state index >= 15 is 0 Å². The summed E-state index contributed by atoms with van der Waals surface area (Å²) in [4.78, 5) is 11.9. The van der Waals surface area contributed by atoms with Crippen molar-refractivity contribution in [3.63, 3.8) is 0 Å². The van der Waals surface area contributed by atoms with Crippen LogP contribution in [0.5, 0.6) is 5.75 Å². The Morgan fingerprint density at radius 3 is 2.15 bits per heavy atom. The number of esters is 1. The molecule has 2 nitrogen and oxygen atoms in total. The lowest BCUT2D eigenvalue weighted by Crippen LogP contribution is -2.34. The van der Waals surface area contributed by atoms with Crippen LogP contribution in [-0.2, 0) is 4.79 Å². The number of benzene rings is 1. The molecule has 104 valence electrons. The summed E-state index contributed by atoms with van der Waals surface area (Å²) in [5, 5.41) is 0. The van der Waals surface area contributed by atoms with E-state index in [1.54, 1.807) is 13.8 Å². The van der Waals surface area contributed by atoms with E-state index in [9.17, 15) is 18.0 Å². The van der Waals surface area contributed by atoms with Crippen molar-refractivity contribution in [3.8, 4) is 5.75 Å². The lowest BCUT2D eigenvalue weighted by atomic mass is 9.84. The standard InChI is InChI=1S/C13H13B2F3O2/c1-4-5-13(2,3)12(19)20-11-7(15)8(16)6(14)9(17)10(11)18/h4-5H2,1-3H3. The van der Waals surface area contributed by atoms with Crippen molar-refractivity contribution >= 4 is 32.6 Å². The minimum atomic E-state index is -1.63. The van der Waals surface area contributed by atoms with Gasteiger partial charge in [-0.2, -0.15) is 4.39 Å². The predicted octanol–water partition coefficient (Wildman–Crippen LogP) is 1.42. The Bertz CT molecular complexity index is 516. The SMILES string of the molecule is [B]c1c(F)c([B])c(OC(=O)C(C)(C)CCC)c(F)c1F. The molecule has 4 radical (unpaired) electrons. The highest BCUT2D eigenvalue weighted by Gasteiger charge is 2.31. The molecule has 1 aromatic carbocycles. The number of ether oxygens (including phenoxy) is 1. The van der Waals surface area contributed by atoms with Gasteiger partial charge in [0.1, 0.15) is 21.5 Å². The van der Waals surface area contributed by atoms with Gasteiger partial charge in [0.15, 0.2) is 17.4 Å². The fourth-order valence-electron chi connectivity index (χ4n) is 1.73. The van der Waals surface area contributed by atoms with Crippen LogP contribution in [0, 0.1) is 22.9 Å². The first-order chi connectivity index (χ1) is 9.13. The number of hydrogen-bond donors (Lipinski definition) is 0. The van der Waals surface area contributed by atoms with E-state index in [4.69, 9.17) is 20.4 Å². The van der Waals surface area contributed by atoms with Gasteiger partial charge in [0.2, 0.25) is 0 Å². The Morgan fingerprint density at radius 1 is 1.10 bits per heavy atom. The molecule has 0 saturated carbocycles. The fourth-order valence-corrected chi connectivity index (χ4v) is 1.73. The van der Waals surface area contributed by atoms with Gasteiger partial charge >= 0.3 is 5.97 Å². The van der Waals surface area contributed by atoms with Gasteiger partial charge in [-0.1, -0.05) is 13.3 Å². The third-order valence-corrected chi connectivity index (χ3v) is 2.97. The van der Waals surface area contributed by atoms with Crippen LogP contribution < -0.4 is 15.7 Å². The molecular weight excluding hydrogens is 267 g/mol. The molecule has 0 aliphatic heterocycles. The normalized spacial score (nSPS) is 11.5. The van der Waals surface area contributed by atoms with Gasteiger partial charge in [0, 0.05) is 0 Å². The van der Waals surface area contributed by atoms with Gasteiger partial charge in [0.25, 0.3) is 0 Å². The summed E-state index contributed by atoms with van der Waals surface area (Å²) in [5.74, 6) is -6.35. The summed E-state index contributed by atoms with van der Waals surface area (Å²) in [6.07, 6.45) is 1.15. The van der Waals surface area contributed by atoms with Crippen LogP contribution in [0.15, 0.2) is 0 Å². The number of hydrogen-bond acceptors (Lipinski definition) is 2. The van der Waals surface area contributed by atoms with Crippen molar-refractivity contribution in [3.05, 3.63) is 17.5 Å². The Kier molecular flexibility index (Phi) is 4.95. The van der Waals surface area contributed by atoms with Crippen LogP contribution in [0.25, 0.3) is 0 Å². The van der Waals surface area contributed by atoms with E-state index in [1.807, 2.05) is 6.92 Å². The van der Waals surface area contributed by atoms with E-state index in [0.717, 1.165) is 0 Å². The van der Waals surface area contributed by atoms with Gasteiger partial charge in [-0.15, -0.1) is 0 Å². The molecule has 0 saturated heterocycles. The van der Waals surface area contributed by atoms with Gasteiger partial charge in [-0.05, 0) is 31.2 Å². The number of carbonyl (C=O) groups excluding carboxylic acids is 1. The Labute approximate surface area is 118 Å². The van der Waals surface area contributed by atoms with E-state index < -0.39 is 45.5 Å². The van der Waals surface area contributed by atoms with Crippen LogP contribution in [0.1, 0.15) is 33.6 Å². The van der Waals surface area contributed by atoms with Gasteiger partial charge in [0.05, 0.1) is 5.41 Å². The highest BCUT2D eigenvalue weighted by atomic mass is 19.2. The summed E-state index contributed by atoms with van der Waals surface area (Å²) >= 11 is 0. The molecule has 0 heterocycles. The molecular formula is C13H13B2F3O2. The molecule has 7 heteroatoms. The maximum Gasteiger partial charge on any atom is 0.316 e. The average Bonchev–Trinajstić information content (AvgIpc) is 2.38. The molecule has 1 rings (SSSR count). The van der Waals surface area contributed by atoms with Gasteiger partial charge in [-0.25, -0.2) is 8.78 Å². The topological polar surface area (TPSA) is 26.3 Å². The van der Waals surface area contributed by atoms with Crippen molar-refractivity contribution < 1.29 is 22.7 Å². The second kappa shape index (κ2) is 5.94. The highest BCUT2D eigenvalue weighted by molar-refractivity contribution is 6.39. The van der Waals surface area contributed by atoms with Crippen molar-refractivity contribution in [2.75, 3.05) is 0 Å². The minimum Gasteiger partial charge on any atom is -0.423 e. The third kappa shape index (κ3) is 3.02. The largest absolute Gasteiger partial charge is 0.423 e. The number of carbonyl (C=O) groups is 1. The van der Waals surface area contributed by atoms with Crippen molar-refractivity contribution in [1.29, 1.82) is 0 Å². The molecule has 0 fully saturated rings. The van der Waals surface area contributed by atoms with Crippen molar-refractivity contribution in [2.45, 2.75) is 33.6 Å². The lowest BCUT2D eigenvalue weighted by Gasteiger charge is -2.23. The maximum absolute atomic E-state index is 13.7. The molecule has 20 heavy (non-hydrogen) atoms. The summed E-state index contributed by atoms with van der Waals surface area (Å²) in [5.41, 5.74) is -2.81. The Balaban J connectivity index is 3.20. The Morgan fingerprint density at radius 2 is 1.65 bits per heavy atom. The van der Waals surface area contributed by atoms with Crippen LogP contribution in [0.3, 0.4) is 0 Å². The summed E-state index contributed by atoms with van der Waals surface area (Å²) in [6.45, 7) is 5.01. The van der Waals surface area contributed by atoms with Crippen molar-refractivity contribution in [1.82, 2.24) is 0 Å². The van der Waals surface area contributed by atoms with E-state index in [-0.39, 0.29) is 0 Å². The predicted molar refractivity (Wildman–Crippen MR) is 71.4 cm³/mol. The smallest absolute Gasteiger partial charge is 0.316 e. The monoisotopic (exact) mass is 280 g/mol. The van der Waals surface area contributed by atoms with E-state index in [1.165, 1.54) is 0 Å². The van der Waals surface area contributed by atoms with Gasteiger partial charge in [-0.3, -0.25) is 4.79 Å². The number of rotatable bonds is 4. The zero-order valence-corrected chi connectivity index (χ0v) is 11.5. The molecule has 0 N–H and O–H groups in total. The van der Waals surface area contributed by atoms with Crippen LogP contribution in [-0.4, -0.2) is 21.7 Å². The minimum absolute atomic E-state index is 0.466. The molecule has 0 bridgehead atoms. The van der Waals surface area contributed by atoms with E-state index in [0.29, 0.717) is 12.8 Å². The zero-order valence-electron chi connectivity index (χ0n) is 11.5. The maximum atomic E-state index is 13.7. The Hall–Kier alpha value is -1.39. The first-order valence-electron chi connectivity index (χ1n) is 6.07. The van der Waals surface area contributed by atoms with Crippen molar-refractivity contribution in [2.24, 2.45) is 5.41 Å². The third-order valence-electron chi connectivity index (χ3n) is 2.97. The molecule has 1 aromatic rings.